The van der Waals surface area contributed by atoms with Crippen LogP contribution < -0.4 is 5.73 Å². The van der Waals surface area contributed by atoms with Gasteiger partial charge in [-0.25, -0.2) is 9.97 Å². The molecule has 0 radical (unpaired) electrons. The summed E-state index contributed by atoms with van der Waals surface area (Å²) in [6.07, 6.45) is 5.03. The molecule has 2 aromatic heterocycles. The van der Waals surface area contributed by atoms with Crippen LogP contribution in [0.3, 0.4) is 0 Å². The quantitative estimate of drug-likeness (QED) is 0.718. The molecule has 3 rings (SSSR count). The summed E-state index contributed by atoms with van der Waals surface area (Å²) < 4.78 is 1.10. The highest BCUT2D eigenvalue weighted by atomic mass is 32.2. The van der Waals surface area contributed by atoms with Crippen molar-refractivity contribution >= 4 is 39.0 Å². The number of aromatic nitrogens is 3. The van der Waals surface area contributed by atoms with Crippen LogP contribution in [0.25, 0.3) is 10.2 Å². The maximum atomic E-state index is 6.09. The fraction of sp³-hybridized carbons (Fsp3) is 0. The van der Waals surface area contributed by atoms with Crippen LogP contribution in [0.2, 0.25) is 0 Å². The second-order valence-corrected chi connectivity index (χ2v) is 5.27. The lowest BCUT2D eigenvalue weighted by molar-refractivity contribution is 1.06. The molecule has 84 valence electrons. The molecule has 0 atom stereocenters. The van der Waals surface area contributed by atoms with Crippen molar-refractivity contribution < 1.29 is 0 Å². The molecule has 0 aliphatic rings. The van der Waals surface area contributed by atoms with Gasteiger partial charge in [0, 0.05) is 17.3 Å². The summed E-state index contributed by atoms with van der Waals surface area (Å²) >= 11 is 3.09. The number of nitrogens with zero attached hydrogens (tertiary/aromatic N) is 3. The maximum Gasteiger partial charge on any atom is 0.119 e. The smallest absolute Gasteiger partial charge is 0.119 e. The Bertz CT molecular complexity index is 651. The van der Waals surface area contributed by atoms with Crippen LogP contribution in [0.1, 0.15) is 0 Å². The zero-order chi connectivity index (χ0) is 11.7. The van der Waals surface area contributed by atoms with Gasteiger partial charge in [-0.05, 0) is 12.1 Å². The molecule has 0 amide bonds. The number of rotatable bonds is 2. The van der Waals surface area contributed by atoms with E-state index in [4.69, 9.17) is 5.73 Å². The molecule has 2 N–H and O–H groups in total. The number of thiazole rings is 1. The van der Waals surface area contributed by atoms with E-state index in [1.165, 1.54) is 11.8 Å². The summed E-state index contributed by atoms with van der Waals surface area (Å²) in [6.45, 7) is 0. The van der Waals surface area contributed by atoms with Gasteiger partial charge in [-0.15, -0.1) is 11.3 Å². The van der Waals surface area contributed by atoms with Gasteiger partial charge < -0.3 is 5.73 Å². The van der Waals surface area contributed by atoms with E-state index >= 15 is 0 Å². The molecule has 2 heterocycles. The third-order valence-corrected chi connectivity index (χ3v) is 4.05. The van der Waals surface area contributed by atoms with Gasteiger partial charge in [0.2, 0.25) is 0 Å². The van der Waals surface area contributed by atoms with Gasteiger partial charge in [-0.1, -0.05) is 11.8 Å². The fourth-order valence-corrected chi connectivity index (χ4v) is 2.96. The van der Waals surface area contributed by atoms with Crippen molar-refractivity contribution in [2.45, 2.75) is 9.92 Å². The molecule has 6 heteroatoms. The van der Waals surface area contributed by atoms with Crippen LogP contribution in [0.4, 0.5) is 5.69 Å². The van der Waals surface area contributed by atoms with Gasteiger partial charge >= 0.3 is 0 Å². The molecule has 0 aliphatic heterocycles. The maximum absolute atomic E-state index is 6.09. The predicted octanol–water partition coefficient (Wildman–Crippen LogP) is 2.82. The van der Waals surface area contributed by atoms with Crippen LogP contribution in [0.15, 0.2) is 46.2 Å². The second-order valence-electron chi connectivity index (χ2n) is 3.32. The Kier molecular flexibility index (Phi) is 2.66. The molecule has 3 aromatic rings. The number of hydrogen-bond donors (Lipinski definition) is 1. The summed E-state index contributed by atoms with van der Waals surface area (Å²) in [4.78, 5) is 13.5. The lowest BCUT2D eigenvalue weighted by Crippen LogP contribution is -1.90. The van der Waals surface area contributed by atoms with Crippen LogP contribution >= 0.6 is 23.1 Å². The number of fused-ring (bicyclic) bond motifs is 1. The third-order valence-electron chi connectivity index (χ3n) is 2.26. The van der Waals surface area contributed by atoms with Crippen LogP contribution in [-0.4, -0.2) is 15.0 Å². The summed E-state index contributed by atoms with van der Waals surface area (Å²) in [6, 6.07) is 4.03. The number of hydrogen-bond acceptors (Lipinski definition) is 6. The zero-order valence-corrected chi connectivity index (χ0v) is 10.3. The second kappa shape index (κ2) is 4.31. The first-order valence-corrected chi connectivity index (χ1v) is 6.60. The van der Waals surface area contributed by atoms with Crippen molar-refractivity contribution in [3.8, 4) is 0 Å². The first kappa shape index (κ1) is 10.5. The molecule has 0 saturated carbocycles. The van der Waals surface area contributed by atoms with Gasteiger partial charge in [0.1, 0.15) is 10.5 Å². The molecule has 17 heavy (non-hydrogen) atoms. The Hall–Kier alpha value is -1.66. The lowest BCUT2D eigenvalue weighted by Gasteiger charge is -2.04. The Morgan fingerprint density at radius 1 is 1.18 bits per heavy atom. The molecular weight excluding hydrogens is 252 g/mol. The molecule has 0 aliphatic carbocycles. The summed E-state index contributed by atoms with van der Waals surface area (Å²) in [5.41, 5.74) is 9.46. The molecule has 0 unspecified atom stereocenters. The number of benzene rings is 1. The third kappa shape index (κ3) is 1.96. The Balaban J connectivity index is 2.03. The van der Waals surface area contributed by atoms with E-state index in [0.29, 0.717) is 5.69 Å². The highest BCUT2D eigenvalue weighted by Gasteiger charge is 2.08. The van der Waals surface area contributed by atoms with Crippen molar-refractivity contribution in [3.05, 3.63) is 36.2 Å². The highest BCUT2D eigenvalue weighted by molar-refractivity contribution is 7.99. The molecular formula is C11H8N4S2. The van der Waals surface area contributed by atoms with E-state index in [-0.39, 0.29) is 0 Å². The Morgan fingerprint density at radius 2 is 2.12 bits per heavy atom. The lowest BCUT2D eigenvalue weighted by atomic mass is 10.3. The first-order chi connectivity index (χ1) is 8.34. The number of nitrogen functional groups attached to an aromatic ring is 1. The minimum atomic E-state index is 0.708. The molecule has 0 bridgehead atoms. The standard InChI is InChI=1S/C11H8N4S2/c12-10-7(17-9-5-13-3-4-14-9)1-2-8-11(10)15-6-16-8/h1-6H,12H2. The van der Waals surface area contributed by atoms with Crippen LogP contribution in [0, 0.1) is 0 Å². The van der Waals surface area contributed by atoms with Crippen molar-refractivity contribution in [3.63, 3.8) is 0 Å². The van der Waals surface area contributed by atoms with E-state index in [9.17, 15) is 0 Å². The normalized spacial score (nSPS) is 10.8. The van der Waals surface area contributed by atoms with Gasteiger partial charge in [0.25, 0.3) is 0 Å². The fourth-order valence-electron chi connectivity index (χ4n) is 1.47. The van der Waals surface area contributed by atoms with Gasteiger partial charge in [0.05, 0.1) is 22.1 Å². The average Bonchev–Trinajstić information content (AvgIpc) is 2.83. The molecule has 1 aromatic carbocycles. The van der Waals surface area contributed by atoms with Crippen molar-refractivity contribution in [2.75, 3.05) is 5.73 Å². The number of anilines is 1. The monoisotopic (exact) mass is 260 g/mol. The topological polar surface area (TPSA) is 64.7 Å². The van der Waals surface area contributed by atoms with E-state index in [1.54, 1.807) is 35.4 Å². The van der Waals surface area contributed by atoms with E-state index in [0.717, 1.165) is 20.1 Å². The Morgan fingerprint density at radius 3 is 2.94 bits per heavy atom. The molecule has 0 fully saturated rings. The van der Waals surface area contributed by atoms with Crippen molar-refractivity contribution in [1.82, 2.24) is 15.0 Å². The molecule has 4 nitrogen and oxygen atoms in total. The Labute approximate surface area is 106 Å². The van der Waals surface area contributed by atoms with Crippen molar-refractivity contribution in [2.24, 2.45) is 0 Å². The van der Waals surface area contributed by atoms with Crippen LogP contribution in [0.5, 0.6) is 0 Å². The molecule has 0 spiro atoms. The highest BCUT2D eigenvalue weighted by Crippen LogP contribution is 2.35. The van der Waals surface area contributed by atoms with Crippen molar-refractivity contribution in [1.29, 1.82) is 0 Å². The van der Waals surface area contributed by atoms with Gasteiger partial charge in [-0.2, -0.15) is 0 Å². The number of nitrogens with two attached hydrogens (primary N) is 1. The first-order valence-electron chi connectivity index (χ1n) is 4.90. The minimum Gasteiger partial charge on any atom is -0.396 e. The van der Waals surface area contributed by atoms with Gasteiger partial charge in [-0.3, -0.25) is 4.98 Å². The average molecular weight is 260 g/mol. The summed E-state index contributed by atoms with van der Waals surface area (Å²) in [5.74, 6) is 0. The minimum absolute atomic E-state index is 0.708. The van der Waals surface area contributed by atoms with Crippen LogP contribution in [-0.2, 0) is 0 Å². The van der Waals surface area contributed by atoms with E-state index in [2.05, 4.69) is 15.0 Å². The zero-order valence-electron chi connectivity index (χ0n) is 8.70. The van der Waals surface area contributed by atoms with Gasteiger partial charge in [0.15, 0.2) is 0 Å². The van der Waals surface area contributed by atoms with E-state index < -0.39 is 0 Å². The largest absolute Gasteiger partial charge is 0.396 e. The SMILES string of the molecule is Nc1c(Sc2cnccn2)ccc2scnc12. The van der Waals surface area contributed by atoms with E-state index in [1.807, 2.05) is 12.1 Å². The summed E-state index contributed by atoms with van der Waals surface area (Å²) in [5, 5.41) is 0.828. The molecule has 0 saturated heterocycles. The summed E-state index contributed by atoms with van der Waals surface area (Å²) in [7, 11) is 0. The predicted molar refractivity (Wildman–Crippen MR) is 70.2 cm³/mol.